The van der Waals surface area contributed by atoms with E-state index in [1.54, 1.807) is 0 Å². The Labute approximate surface area is 115 Å². The van der Waals surface area contributed by atoms with Crippen molar-refractivity contribution in [1.29, 1.82) is 0 Å². The molecule has 3 rings (SSSR count). The first kappa shape index (κ1) is 12.5. The third kappa shape index (κ3) is 2.42. The molecule has 0 aromatic heterocycles. The number of rotatable bonds is 1. The molecule has 4 heteroatoms. The second-order valence-electron chi connectivity index (χ2n) is 5.04. The number of hydrogen-bond acceptors (Lipinski definition) is 3. The van der Waals surface area contributed by atoms with Crippen LogP contribution >= 0.6 is 15.9 Å². The zero-order chi connectivity index (χ0) is 12.5. The molecule has 0 bridgehead atoms. The monoisotopic (exact) mass is 312 g/mol. The van der Waals surface area contributed by atoms with Crippen LogP contribution in [0, 0.1) is 5.92 Å². The number of benzene rings is 1. The predicted molar refractivity (Wildman–Crippen MR) is 71.7 cm³/mol. The fourth-order valence-electron chi connectivity index (χ4n) is 2.82. The Balaban J connectivity index is 1.81. The summed E-state index contributed by atoms with van der Waals surface area (Å²) >= 11 is 3.44. The summed E-state index contributed by atoms with van der Waals surface area (Å²) in [4.78, 5) is 0. The SMILES string of the molecule is O[C@H]1CC(C2CCOCC2)Oc2cc(Br)ccc21. The Kier molecular flexibility index (Phi) is 3.59. The number of hydrogen-bond donors (Lipinski definition) is 1. The first-order chi connectivity index (χ1) is 8.74. The van der Waals surface area contributed by atoms with Crippen LogP contribution < -0.4 is 4.74 Å². The molecule has 0 aliphatic carbocycles. The number of aliphatic hydroxyl groups excluding tert-OH is 1. The molecular weight excluding hydrogens is 296 g/mol. The first-order valence-electron chi connectivity index (χ1n) is 6.46. The normalized spacial score (nSPS) is 28.6. The first-order valence-corrected chi connectivity index (χ1v) is 7.25. The molecule has 0 radical (unpaired) electrons. The van der Waals surface area contributed by atoms with Crippen molar-refractivity contribution in [3.63, 3.8) is 0 Å². The third-order valence-corrected chi connectivity index (χ3v) is 4.35. The Morgan fingerprint density at radius 3 is 2.78 bits per heavy atom. The Morgan fingerprint density at radius 2 is 2.00 bits per heavy atom. The smallest absolute Gasteiger partial charge is 0.126 e. The van der Waals surface area contributed by atoms with Gasteiger partial charge in [-0.25, -0.2) is 0 Å². The zero-order valence-electron chi connectivity index (χ0n) is 10.1. The van der Waals surface area contributed by atoms with Gasteiger partial charge in [-0.2, -0.15) is 0 Å². The van der Waals surface area contributed by atoms with Crippen LogP contribution in [0.5, 0.6) is 5.75 Å². The molecule has 0 spiro atoms. The van der Waals surface area contributed by atoms with E-state index in [0.29, 0.717) is 12.3 Å². The lowest BCUT2D eigenvalue weighted by Gasteiger charge is -2.36. The van der Waals surface area contributed by atoms with Crippen molar-refractivity contribution in [2.24, 2.45) is 5.92 Å². The third-order valence-electron chi connectivity index (χ3n) is 3.86. The van der Waals surface area contributed by atoms with Crippen molar-refractivity contribution in [1.82, 2.24) is 0 Å². The fraction of sp³-hybridized carbons (Fsp3) is 0.571. The molecule has 18 heavy (non-hydrogen) atoms. The highest BCUT2D eigenvalue weighted by Gasteiger charge is 2.33. The van der Waals surface area contributed by atoms with Gasteiger partial charge >= 0.3 is 0 Å². The van der Waals surface area contributed by atoms with Crippen molar-refractivity contribution >= 4 is 15.9 Å². The van der Waals surface area contributed by atoms with E-state index in [4.69, 9.17) is 9.47 Å². The maximum absolute atomic E-state index is 10.2. The van der Waals surface area contributed by atoms with Crippen LogP contribution in [0.2, 0.25) is 0 Å². The molecule has 1 N–H and O–H groups in total. The van der Waals surface area contributed by atoms with E-state index in [1.165, 1.54) is 0 Å². The Morgan fingerprint density at radius 1 is 1.22 bits per heavy atom. The van der Waals surface area contributed by atoms with Crippen LogP contribution in [0.1, 0.15) is 30.9 Å². The summed E-state index contributed by atoms with van der Waals surface area (Å²) in [6.07, 6.45) is 2.46. The van der Waals surface area contributed by atoms with Crippen molar-refractivity contribution in [3.8, 4) is 5.75 Å². The summed E-state index contributed by atoms with van der Waals surface area (Å²) in [6.45, 7) is 1.62. The fourth-order valence-corrected chi connectivity index (χ4v) is 3.16. The average Bonchev–Trinajstić information content (AvgIpc) is 2.39. The molecule has 2 aliphatic rings. The highest BCUT2D eigenvalue weighted by atomic mass is 79.9. The Bertz CT molecular complexity index is 429. The van der Waals surface area contributed by atoms with Crippen molar-refractivity contribution in [3.05, 3.63) is 28.2 Å². The van der Waals surface area contributed by atoms with Crippen LogP contribution in [0.4, 0.5) is 0 Å². The van der Waals surface area contributed by atoms with Gasteiger partial charge in [-0.1, -0.05) is 22.0 Å². The van der Waals surface area contributed by atoms with Crippen molar-refractivity contribution in [2.45, 2.75) is 31.5 Å². The largest absolute Gasteiger partial charge is 0.490 e. The summed E-state index contributed by atoms with van der Waals surface area (Å²) in [6, 6.07) is 5.83. The van der Waals surface area contributed by atoms with Crippen LogP contribution in [0.15, 0.2) is 22.7 Å². The van der Waals surface area contributed by atoms with Crippen LogP contribution in [-0.2, 0) is 4.74 Å². The maximum atomic E-state index is 10.2. The van der Waals surface area contributed by atoms with Gasteiger partial charge in [-0.15, -0.1) is 0 Å². The van der Waals surface area contributed by atoms with Gasteiger partial charge < -0.3 is 14.6 Å². The van der Waals surface area contributed by atoms with Gasteiger partial charge in [0.25, 0.3) is 0 Å². The number of ether oxygens (including phenoxy) is 2. The van der Waals surface area contributed by atoms with Gasteiger partial charge in [0.05, 0.1) is 6.10 Å². The highest BCUT2D eigenvalue weighted by molar-refractivity contribution is 9.10. The van der Waals surface area contributed by atoms with E-state index in [1.807, 2.05) is 18.2 Å². The average molecular weight is 313 g/mol. The second-order valence-corrected chi connectivity index (χ2v) is 5.96. The van der Waals surface area contributed by atoms with Crippen molar-refractivity contribution in [2.75, 3.05) is 13.2 Å². The van der Waals surface area contributed by atoms with Gasteiger partial charge in [0.15, 0.2) is 0 Å². The minimum Gasteiger partial charge on any atom is -0.490 e. The second kappa shape index (κ2) is 5.19. The van der Waals surface area contributed by atoms with E-state index < -0.39 is 6.10 Å². The van der Waals surface area contributed by atoms with E-state index in [-0.39, 0.29) is 6.10 Å². The topological polar surface area (TPSA) is 38.7 Å². The predicted octanol–water partition coefficient (Wildman–Crippen LogP) is 3.06. The van der Waals surface area contributed by atoms with Gasteiger partial charge in [0, 0.05) is 35.6 Å². The summed E-state index contributed by atoms with van der Waals surface area (Å²) in [5.41, 5.74) is 0.904. The van der Waals surface area contributed by atoms with E-state index in [9.17, 15) is 5.11 Å². The van der Waals surface area contributed by atoms with E-state index in [2.05, 4.69) is 15.9 Å². The highest BCUT2D eigenvalue weighted by Crippen LogP contribution is 2.40. The van der Waals surface area contributed by atoms with Crippen LogP contribution in [-0.4, -0.2) is 24.4 Å². The number of halogens is 1. The molecule has 98 valence electrons. The number of fused-ring (bicyclic) bond motifs is 1. The summed E-state index contributed by atoms with van der Waals surface area (Å²) < 4.78 is 12.4. The van der Waals surface area contributed by atoms with Gasteiger partial charge in [0.2, 0.25) is 0 Å². The molecule has 1 unspecified atom stereocenters. The molecule has 0 saturated carbocycles. The Hall–Kier alpha value is -0.580. The summed E-state index contributed by atoms with van der Waals surface area (Å²) in [5, 5.41) is 10.2. The minimum atomic E-state index is -0.408. The lowest BCUT2D eigenvalue weighted by molar-refractivity contribution is -0.0150. The molecule has 1 aromatic rings. The van der Waals surface area contributed by atoms with Gasteiger partial charge in [-0.05, 0) is 25.0 Å². The van der Waals surface area contributed by atoms with Crippen molar-refractivity contribution < 1.29 is 14.6 Å². The molecule has 2 atom stereocenters. The van der Waals surface area contributed by atoms with Gasteiger partial charge in [-0.3, -0.25) is 0 Å². The van der Waals surface area contributed by atoms with Crippen LogP contribution in [0.25, 0.3) is 0 Å². The lowest BCUT2D eigenvalue weighted by atomic mass is 9.87. The molecular formula is C14H17BrO3. The molecule has 2 heterocycles. The van der Waals surface area contributed by atoms with Gasteiger partial charge in [0.1, 0.15) is 11.9 Å². The quantitative estimate of drug-likeness (QED) is 0.866. The molecule has 0 amide bonds. The molecule has 1 fully saturated rings. The molecule has 1 aromatic carbocycles. The molecule has 3 nitrogen and oxygen atoms in total. The standard InChI is InChI=1S/C14H17BrO3/c15-10-1-2-11-12(16)8-13(18-14(11)7-10)9-3-5-17-6-4-9/h1-2,7,9,12-13,16H,3-6,8H2/t12-,13?/m0/s1. The minimum absolute atomic E-state index is 0.116. The van der Waals surface area contributed by atoms with E-state index in [0.717, 1.165) is 41.8 Å². The number of aliphatic hydroxyl groups is 1. The van der Waals surface area contributed by atoms with Crippen LogP contribution in [0.3, 0.4) is 0 Å². The maximum Gasteiger partial charge on any atom is 0.126 e. The van der Waals surface area contributed by atoms with E-state index >= 15 is 0 Å². The molecule has 1 saturated heterocycles. The summed E-state index contributed by atoms with van der Waals surface area (Å²) in [5.74, 6) is 1.32. The zero-order valence-corrected chi connectivity index (χ0v) is 11.7. The molecule has 2 aliphatic heterocycles. The summed E-state index contributed by atoms with van der Waals surface area (Å²) in [7, 11) is 0. The lowest BCUT2D eigenvalue weighted by Crippen LogP contribution is -2.36.